The number of amides is 1. The molecule has 1 atom stereocenters. The molecule has 0 saturated carbocycles. The molecule has 1 fully saturated rings. The number of hydrogen-bond acceptors (Lipinski definition) is 5. The number of rotatable bonds is 4. The average Bonchev–Trinajstić information content (AvgIpc) is 2.93. The Morgan fingerprint density at radius 2 is 2.37 bits per heavy atom. The summed E-state index contributed by atoms with van der Waals surface area (Å²) in [5.74, 6) is 0.0774. The molecule has 1 aromatic heterocycles. The maximum atomic E-state index is 12.1. The predicted molar refractivity (Wildman–Crippen MR) is 73.0 cm³/mol. The summed E-state index contributed by atoms with van der Waals surface area (Å²) in [6.07, 6.45) is 2.52. The van der Waals surface area contributed by atoms with Crippen molar-refractivity contribution in [1.29, 1.82) is 0 Å². The van der Waals surface area contributed by atoms with Crippen LogP contribution in [0.4, 0.5) is 0 Å². The molecule has 1 saturated heterocycles. The number of likely N-dealkylation sites (tertiary alicyclic amines) is 1. The minimum atomic E-state index is -0.223. The number of nitrogens with zero attached hydrogens (tertiary/aromatic N) is 2. The molecule has 1 aliphatic rings. The highest BCUT2D eigenvalue weighted by Crippen LogP contribution is 2.23. The second kappa shape index (κ2) is 6.56. The van der Waals surface area contributed by atoms with Gasteiger partial charge in [0.05, 0.1) is 12.9 Å². The molecular formula is C13H16N2O3S. The van der Waals surface area contributed by atoms with Crippen LogP contribution in [0, 0.1) is 0 Å². The highest BCUT2D eigenvalue weighted by molar-refractivity contribution is 8.00. The number of methoxy groups -OCH3 is 1. The van der Waals surface area contributed by atoms with Crippen molar-refractivity contribution in [3.05, 3.63) is 30.1 Å². The standard InChI is InChI=1S/C13H16N2O3S/c1-18-12(16)9-19-10-5-7-15(8-10)13(17)11-4-2-3-6-14-11/h2-4,6,10H,5,7-9H2,1H3/t10-/m0/s1. The maximum absolute atomic E-state index is 12.1. The molecule has 1 aliphatic heterocycles. The number of carbonyl (C=O) groups excluding carboxylic acids is 2. The first kappa shape index (κ1) is 13.9. The molecule has 5 nitrogen and oxygen atoms in total. The van der Waals surface area contributed by atoms with Crippen LogP contribution in [-0.4, -0.2) is 53.0 Å². The minimum absolute atomic E-state index is 0.0400. The molecule has 0 N–H and O–H groups in total. The van der Waals surface area contributed by atoms with Crippen molar-refractivity contribution in [2.45, 2.75) is 11.7 Å². The summed E-state index contributed by atoms with van der Waals surface area (Å²) < 4.78 is 4.60. The zero-order valence-electron chi connectivity index (χ0n) is 10.7. The lowest BCUT2D eigenvalue weighted by Crippen LogP contribution is -2.29. The smallest absolute Gasteiger partial charge is 0.315 e. The molecule has 2 rings (SSSR count). The predicted octanol–water partition coefficient (Wildman–Crippen LogP) is 1.20. The molecule has 0 aliphatic carbocycles. The first-order chi connectivity index (χ1) is 9.20. The van der Waals surface area contributed by atoms with Crippen molar-refractivity contribution in [1.82, 2.24) is 9.88 Å². The summed E-state index contributed by atoms with van der Waals surface area (Å²) in [7, 11) is 1.38. The fourth-order valence-electron chi connectivity index (χ4n) is 1.94. The van der Waals surface area contributed by atoms with E-state index in [4.69, 9.17) is 0 Å². The Morgan fingerprint density at radius 3 is 3.05 bits per heavy atom. The van der Waals surface area contributed by atoms with Crippen LogP contribution in [0.25, 0.3) is 0 Å². The third kappa shape index (κ3) is 3.70. The van der Waals surface area contributed by atoms with Crippen molar-refractivity contribution in [2.75, 3.05) is 26.0 Å². The van der Waals surface area contributed by atoms with Gasteiger partial charge in [-0.15, -0.1) is 11.8 Å². The Labute approximate surface area is 116 Å². The number of thioether (sulfide) groups is 1. The van der Waals surface area contributed by atoms with E-state index in [1.54, 1.807) is 41.1 Å². The molecule has 102 valence electrons. The van der Waals surface area contributed by atoms with Gasteiger partial charge in [0, 0.05) is 24.5 Å². The van der Waals surface area contributed by atoms with Gasteiger partial charge in [0.1, 0.15) is 5.69 Å². The van der Waals surface area contributed by atoms with Gasteiger partial charge >= 0.3 is 5.97 Å². The highest BCUT2D eigenvalue weighted by atomic mass is 32.2. The molecule has 0 bridgehead atoms. The summed E-state index contributed by atoms with van der Waals surface area (Å²) in [5.41, 5.74) is 0.473. The molecule has 6 heteroatoms. The van der Waals surface area contributed by atoms with Gasteiger partial charge in [0.15, 0.2) is 0 Å². The van der Waals surface area contributed by atoms with Gasteiger partial charge in [0.2, 0.25) is 0 Å². The van der Waals surface area contributed by atoms with E-state index in [0.717, 1.165) is 6.42 Å². The number of esters is 1. The molecule has 0 spiro atoms. The fraction of sp³-hybridized carbons (Fsp3) is 0.462. The lowest BCUT2D eigenvalue weighted by Gasteiger charge is -2.15. The van der Waals surface area contributed by atoms with Gasteiger partial charge < -0.3 is 9.64 Å². The van der Waals surface area contributed by atoms with Gasteiger partial charge in [-0.3, -0.25) is 14.6 Å². The topological polar surface area (TPSA) is 59.5 Å². The van der Waals surface area contributed by atoms with Crippen molar-refractivity contribution in [2.24, 2.45) is 0 Å². The number of hydrogen-bond donors (Lipinski definition) is 0. The Balaban J connectivity index is 1.85. The third-order valence-corrected chi connectivity index (χ3v) is 4.24. The second-order valence-electron chi connectivity index (χ2n) is 4.26. The maximum Gasteiger partial charge on any atom is 0.315 e. The molecule has 1 aromatic rings. The summed E-state index contributed by atoms with van der Waals surface area (Å²) >= 11 is 1.54. The average molecular weight is 280 g/mol. The van der Waals surface area contributed by atoms with E-state index >= 15 is 0 Å². The first-order valence-electron chi connectivity index (χ1n) is 6.09. The van der Waals surface area contributed by atoms with E-state index in [9.17, 15) is 9.59 Å². The quantitative estimate of drug-likeness (QED) is 0.776. The Hall–Kier alpha value is -1.56. The van der Waals surface area contributed by atoms with E-state index in [2.05, 4.69) is 9.72 Å². The number of pyridine rings is 1. The highest BCUT2D eigenvalue weighted by Gasteiger charge is 2.28. The zero-order chi connectivity index (χ0) is 13.7. The van der Waals surface area contributed by atoms with Crippen LogP contribution in [0.2, 0.25) is 0 Å². The zero-order valence-corrected chi connectivity index (χ0v) is 11.6. The van der Waals surface area contributed by atoms with E-state index in [-0.39, 0.29) is 11.9 Å². The van der Waals surface area contributed by atoms with Crippen LogP contribution in [0.15, 0.2) is 24.4 Å². The number of carbonyl (C=O) groups is 2. The van der Waals surface area contributed by atoms with Crippen LogP contribution in [-0.2, 0) is 9.53 Å². The lowest BCUT2D eigenvalue weighted by molar-refractivity contribution is -0.137. The summed E-state index contributed by atoms with van der Waals surface area (Å²) in [5, 5.41) is 0.298. The Bertz CT molecular complexity index is 452. The van der Waals surface area contributed by atoms with Crippen molar-refractivity contribution < 1.29 is 14.3 Å². The van der Waals surface area contributed by atoms with Gasteiger partial charge in [-0.2, -0.15) is 0 Å². The summed E-state index contributed by atoms with van der Waals surface area (Å²) in [6, 6.07) is 5.31. The number of aromatic nitrogens is 1. The van der Waals surface area contributed by atoms with Crippen LogP contribution in [0.1, 0.15) is 16.9 Å². The fourth-order valence-corrected chi connectivity index (χ4v) is 2.99. The van der Waals surface area contributed by atoms with E-state index in [1.165, 1.54) is 7.11 Å². The molecule has 1 amide bonds. The van der Waals surface area contributed by atoms with E-state index < -0.39 is 0 Å². The second-order valence-corrected chi connectivity index (χ2v) is 5.55. The normalized spacial score (nSPS) is 18.4. The van der Waals surface area contributed by atoms with Crippen molar-refractivity contribution in [3.8, 4) is 0 Å². The van der Waals surface area contributed by atoms with Gasteiger partial charge in [-0.25, -0.2) is 0 Å². The molecule has 0 aromatic carbocycles. The molecule has 2 heterocycles. The van der Waals surface area contributed by atoms with Crippen LogP contribution in [0.3, 0.4) is 0 Å². The van der Waals surface area contributed by atoms with Crippen LogP contribution >= 0.6 is 11.8 Å². The van der Waals surface area contributed by atoms with Crippen LogP contribution < -0.4 is 0 Å². The molecular weight excluding hydrogens is 264 g/mol. The monoisotopic (exact) mass is 280 g/mol. The Kier molecular flexibility index (Phi) is 4.79. The van der Waals surface area contributed by atoms with Gasteiger partial charge in [-0.05, 0) is 18.6 Å². The molecule has 19 heavy (non-hydrogen) atoms. The van der Waals surface area contributed by atoms with Gasteiger partial charge in [0.25, 0.3) is 5.91 Å². The molecule has 0 unspecified atom stereocenters. The van der Waals surface area contributed by atoms with Crippen LogP contribution in [0.5, 0.6) is 0 Å². The van der Waals surface area contributed by atoms with Gasteiger partial charge in [-0.1, -0.05) is 6.07 Å². The SMILES string of the molecule is COC(=O)CS[C@H]1CCN(C(=O)c2ccccn2)C1. The van der Waals surface area contributed by atoms with Crippen molar-refractivity contribution >= 4 is 23.6 Å². The third-order valence-electron chi connectivity index (χ3n) is 2.98. The van der Waals surface area contributed by atoms with Crippen molar-refractivity contribution in [3.63, 3.8) is 0 Å². The number of ether oxygens (including phenoxy) is 1. The Morgan fingerprint density at radius 1 is 1.53 bits per heavy atom. The minimum Gasteiger partial charge on any atom is -0.468 e. The molecule has 0 radical (unpaired) electrons. The van der Waals surface area contributed by atoms with E-state index in [1.807, 2.05) is 0 Å². The largest absolute Gasteiger partial charge is 0.468 e. The lowest BCUT2D eigenvalue weighted by atomic mass is 10.3. The summed E-state index contributed by atoms with van der Waals surface area (Å²) in [4.78, 5) is 29.1. The van der Waals surface area contributed by atoms with E-state index in [0.29, 0.717) is 29.8 Å². The summed E-state index contributed by atoms with van der Waals surface area (Å²) in [6.45, 7) is 1.38. The first-order valence-corrected chi connectivity index (χ1v) is 7.14.